The number of para-hydroxylation sites is 1. The van der Waals surface area contributed by atoms with Crippen LogP contribution in [0.3, 0.4) is 0 Å². The van der Waals surface area contributed by atoms with E-state index in [4.69, 9.17) is 14.4 Å². The van der Waals surface area contributed by atoms with Gasteiger partial charge in [0.1, 0.15) is 17.2 Å². The van der Waals surface area contributed by atoms with Crippen molar-refractivity contribution in [2.24, 2.45) is 0 Å². The monoisotopic (exact) mass is 1090 g/mol. The van der Waals surface area contributed by atoms with Crippen molar-refractivity contribution in [2.45, 2.75) is 78.6 Å². The predicted octanol–water partition coefficient (Wildman–Crippen LogP) is 17.2. The van der Waals surface area contributed by atoms with Crippen molar-refractivity contribution in [1.82, 2.24) is 14.5 Å². The number of fused-ring (bicyclic) bond motifs is 5. The van der Waals surface area contributed by atoms with Crippen molar-refractivity contribution < 1.29 is 30.6 Å². The number of phenolic OH excluding ortho intramolecular Hbond substituents is 1. The third kappa shape index (κ3) is 8.35. The van der Waals surface area contributed by atoms with E-state index in [1.54, 1.807) is 0 Å². The zero-order valence-corrected chi connectivity index (χ0v) is 43.5. The summed E-state index contributed by atoms with van der Waals surface area (Å²) in [5.74, 6) is 0.903. The first-order valence-corrected chi connectivity index (χ1v) is 23.9. The molecule has 5 nitrogen and oxygen atoms in total. The molecule has 1 N–H and O–H groups in total. The Bertz CT molecular complexity index is 3790. The van der Waals surface area contributed by atoms with Crippen LogP contribution < -0.4 is 0 Å². The maximum absolute atomic E-state index is 12.6. The van der Waals surface area contributed by atoms with Crippen molar-refractivity contribution in [1.29, 1.82) is 0 Å². The van der Waals surface area contributed by atoms with Crippen molar-refractivity contribution >= 4 is 43.7 Å². The van der Waals surface area contributed by atoms with Gasteiger partial charge in [0.05, 0.1) is 28.5 Å². The number of hydrogen-bond acceptors (Lipinski definition) is 4. The molecule has 0 spiro atoms. The third-order valence-corrected chi connectivity index (χ3v) is 13.7. The van der Waals surface area contributed by atoms with E-state index in [1.165, 1.54) is 5.56 Å². The molecule has 6 heteroatoms. The van der Waals surface area contributed by atoms with Gasteiger partial charge < -0.3 is 9.52 Å². The first-order chi connectivity index (χ1) is 33.0. The van der Waals surface area contributed by atoms with Gasteiger partial charge in [-0.2, -0.15) is 0 Å². The first-order valence-electron chi connectivity index (χ1n) is 23.9. The maximum atomic E-state index is 12.6. The van der Waals surface area contributed by atoms with Crippen molar-refractivity contribution in [3.8, 4) is 67.5 Å². The molecule has 0 radical (unpaired) electrons. The Hall–Kier alpha value is -7.07. The molecular weight excluding hydrogens is 1040 g/mol. The van der Waals surface area contributed by atoms with Gasteiger partial charge in [-0.05, 0) is 85.7 Å². The standard InChI is InChI=1S/C64H56N3O2.Pt/c1-62(2,3)46-27-28-55(49(34-46)40-21-14-11-15-22-40)67-56-26-18-25-48(59(56)66-61(67)52-35-47(63(4,5)6)36-53(60(52)68)64(7,8)9)44-29-43(39-19-12-10-13-20-39)30-45(31-44)54-37-51-50-32-41-23-16-17-24-42(41)33-57(50)69-58(51)38-65-54;/h10-30,32-38,68H,1-9H3;/q-1;. The van der Waals surface area contributed by atoms with Gasteiger partial charge in [-0.25, -0.2) is 4.98 Å². The summed E-state index contributed by atoms with van der Waals surface area (Å²) in [7, 11) is 0. The van der Waals surface area contributed by atoms with Crippen LogP contribution in [0, 0.1) is 6.07 Å². The van der Waals surface area contributed by atoms with E-state index in [0.29, 0.717) is 11.4 Å². The molecule has 3 heterocycles. The molecule has 0 aliphatic heterocycles. The number of hydrogen-bond donors (Lipinski definition) is 1. The molecule has 0 fully saturated rings. The number of benzene rings is 8. The average molecular weight is 1090 g/mol. The second-order valence-corrected chi connectivity index (χ2v) is 21.6. The summed E-state index contributed by atoms with van der Waals surface area (Å²) in [6.07, 6.45) is 1.84. The molecule has 70 heavy (non-hydrogen) atoms. The summed E-state index contributed by atoms with van der Waals surface area (Å²) in [5.41, 5.74) is 15.3. The second kappa shape index (κ2) is 17.4. The SMILES string of the molecule is CC(C)(C)c1ccc(-n2c(-c3cc(C(C)(C)C)cc(C(C)(C)C)c3O)nc3c(-c4[c-]c(-c5cc6c(cn5)oc5cc7ccccc7cc56)cc(-c5ccccc5)c4)cccc32)c(-c2ccccc2)c1.[Pt]. The number of pyridine rings is 1. The summed E-state index contributed by atoms with van der Waals surface area (Å²) >= 11 is 0. The summed E-state index contributed by atoms with van der Waals surface area (Å²) in [6, 6.07) is 61.7. The topological polar surface area (TPSA) is 64.1 Å². The second-order valence-electron chi connectivity index (χ2n) is 21.6. The van der Waals surface area contributed by atoms with E-state index in [1.807, 2.05) is 12.3 Å². The molecule has 0 saturated heterocycles. The minimum atomic E-state index is -0.345. The Morgan fingerprint density at radius 1 is 0.514 bits per heavy atom. The molecule has 11 rings (SSSR count). The van der Waals surface area contributed by atoms with Crippen LogP contribution in [0.5, 0.6) is 5.75 Å². The Labute approximate surface area is 425 Å². The maximum Gasteiger partial charge on any atom is 0.152 e. The van der Waals surface area contributed by atoms with Crippen LogP contribution in [0.4, 0.5) is 0 Å². The van der Waals surface area contributed by atoms with E-state index < -0.39 is 0 Å². The molecule has 8 aromatic carbocycles. The number of aromatic nitrogens is 3. The molecule has 350 valence electrons. The molecule has 0 saturated carbocycles. The Balaban J connectivity index is 0.00000567. The largest absolute Gasteiger partial charge is 0.507 e. The number of rotatable bonds is 6. The minimum Gasteiger partial charge on any atom is -0.507 e. The van der Waals surface area contributed by atoms with Gasteiger partial charge in [-0.1, -0.05) is 194 Å². The van der Waals surface area contributed by atoms with Crippen LogP contribution in [0.25, 0.3) is 105 Å². The van der Waals surface area contributed by atoms with E-state index in [0.717, 1.165) is 105 Å². The van der Waals surface area contributed by atoms with Crippen molar-refractivity contribution in [2.75, 3.05) is 0 Å². The molecule has 0 unspecified atom stereocenters. The van der Waals surface area contributed by atoms with Crippen LogP contribution in [-0.2, 0) is 37.3 Å². The smallest absolute Gasteiger partial charge is 0.152 e. The summed E-state index contributed by atoms with van der Waals surface area (Å²) in [6.45, 7) is 19.9. The summed E-state index contributed by atoms with van der Waals surface area (Å²) in [5, 5.41) is 17.0. The average Bonchev–Trinajstić information content (AvgIpc) is 3.90. The molecule has 0 atom stereocenters. The van der Waals surface area contributed by atoms with E-state index in [2.05, 4.69) is 231 Å². The third-order valence-electron chi connectivity index (χ3n) is 13.7. The zero-order valence-electron chi connectivity index (χ0n) is 41.2. The van der Waals surface area contributed by atoms with Gasteiger partial charge in [0.15, 0.2) is 5.58 Å². The molecule has 0 aliphatic rings. The van der Waals surface area contributed by atoms with Gasteiger partial charge in [0, 0.05) is 48.7 Å². The number of furan rings is 1. The first kappa shape index (κ1) is 46.6. The Morgan fingerprint density at radius 2 is 1.14 bits per heavy atom. The van der Waals surface area contributed by atoms with E-state index in [9.17, 15) is 5.11 Å². The van der Waals surface area contributed by atoms with Crippen LogP contribution in [-0.4, -0.2) is 19.6 Å². The minimum absolute atomic E-state index is 0. The Kier molecular flexibility index (Phi) is 11.6. The molecule has 11 aromatic rings. The quantitative estimate of drug-likeness (QED) is 0.169. The molecule has 0 bridgehead atoms. The Morgan fingerprint density at radius 3 is 1.83 bits per heavy atom. The van der Waals surface area contributed by atoms with E-state index in [-0.39, 0.29) is 43.1 Å². The molecule has 3 aromatic heterocycles. The number of aromatic hydroxyl groups is 1. The molecular formula is C64H56N3O2Pt-. The number of nitrogens with zero attached hydrogens (tertiary/aromatic N) is 3. The summed E-state index contributed by atoms with van der Waals surface area (Å²) < 4.78 is 8.66. The van der Waals surface area contributed by atoms with Crippen molar-refractivity contribution in [3.63, 3.8) is 0 Å². The molecule has 0 aliphatic carbocycles. The normalized spacial score (nSPS) is 12.3. The van der Waals surface area contributed by atoms with Crippen molar-refractivity contribution in [3.05, 3.63) is 193 Å². The van der Waals surface area contributed by atoms with Crippen LogP contribution >= 0.6 is 0 Å². The van der Waals surface area contributed by atoms with Gasteiger partial charge in [-0.3, -0.25) is 9.55 Å². The van der Waals surface area contributed by atoms with Crippen LogP contribution in [0.15, 0.2) is 174 Å². The van der Waals surface area contributed by atoms with Gasteiger partial charge >= 0.3 is 0 Å². The summed E-state index contributed by atoms with van der Waals surface area (Å²) in [4.78, 5) is 10.7. The van der Waals surface area contributed by atoms with Gasteiger partial charge in [0.25, 0.3) is 0 Å². The number of phenols is 1. The fourth-order valence-electron chi connectivity index (χ4n) is 9.76. The van der Waals surface area contributed by atoms with Crippen LogP contribution in [0.2, 0.25) is 0 Å². The predicted molar refractivity (Wildman–Crippen MR) is 287 cm³/mol. The van der Waals surface area contributed by atoms with Gasteiger partial charge in [0.2, 0.25) is 0 Å². The van der Waals surface area contributed by atoms with E-state index >= 15 is 0 Å². The van der Waals surface area contributed by atoms with Gasteiger partial charge in [-0.15, -0.1) is 23.8 Å². The number of imidazole rings is 1. The van der Waals surface area contributed by atoms with Crippen LogP contribution in [0.1, 0.15) is 79.0 Å². The fraction of sp³-hybridized carbons (Fsp3) is 0.188. The fourth-order valence-corrected chi connectivity index (χ4v) is 9.76. The zero-order chi connectivity index (χ0) is 48.0. The molecule has 0 amide bonds.